The van der Waals surface area contributed by atoms with Crippen LogP contribution in [0.25, 0.3) is 16.8 Å². The van der Waals surface area contributed by atoms with Gasteiger partial charge in [0.2, 0.25) is 0 Å². The molecule has 3 rings (SSSR count). The Hall–Kier alpha value is -2.20. The molecule has 0 aliphatic carbocycles. The van der Waals surface area contributed by atoms with Gasteiger partial charge < -0.3 is 5.11 Å². The van der Waals surface area contributed by atoms with Crippen LogP contribution in [-0.2, 0) is 5.60 Å². The Kier molecular flexibility index (Phi) is 2.61. The molecule has 0 radical (unpaired) electrons. The molecule has 0 amide bonds. The lowest BCUT2D eigenvalue weighted by Gasteiger charge is -2.12. The van der Waals surface area contributed by atoms with Crippen LogP contribution in [0.2, 0.25) is 0 Å². The zero-order chi connectivity index (χ0) is 13.5. The molecule has 0 aliphatic heterocycles. The highest BCUT2D eigenvalue weighted by molar-refractivity contribution is 5.62. The van der Waals surface area contributed by atoms with E-state index in [1.807, 2.05) is 42.7 Å². The second kappa shape index (κ2) is 4.17. The fraction of sp³-hybridized carbons (Fsp3) is 0.200. The van der Waals surface area contributed by atoms with E-state index in [-0.39, 0.29) is 0 Å². The van der Waals surface area contributed by atoms with Crippen LogP contribution in [0.4, 0.5) is 0 Å². The number of aromatic nitrogens is 3. The molecule has 2 heterocycles. The van der Waals surface area contributed by atoms with Crippen LogP contribution < -0.4 is 0 Å². The van der Waals surface area contributed by atoms with Crippen molar-refractivity contribution in [2.45, 2.75) is 19.4 Å². The fourth-order valence-electron chi connectivity index (χ4n) is 1.96. The maximum absolute atomic E-state index is 9.97. The minimum absolute atomic E-state index is 0.616. The largest absolute Gasteiger partial charge is 0.384 e. The maximum Gasteiger partial charge on any atom is 0.155 e. The van der Waals surface area contributed by atoms with Gasteiger partial charge in [-0.1, -0.05) is 30.3 Å². The van der Waals surface area contributed by atoms with Crippen molar-refractivity contribution in [3.63, 3.8) is 0 Å². The Morgan fingerprint density at radius 2 is 1.84 bits per heavy atom. The van der Waals surface area contributed by atoms with Gasteiger partial charge in [0.15, 0.2) is 5.65 Å². The molecule has 4 nitrogen and oxygen atoms in total. The molecule has 4 heteroatoms. The molecule has 0 atom stereocenters. The number of benzene rings is 1. The lowest BCUT2D eigenvalue weighted by Crippen LogP contribution is -2.16. The van der Waals surface area contributed by atoms with Gasteiger partial charge in [-0.15, -0.1) is 0 Å². The van der Waals surface area contributed by atoms with E-state index in [0.717, 1.165) is 16.8 Å². The van der Waals surface area contributed by atoms with E-state index in [0.29, 0.717) is 5.69 Å². The SMILES string of the molecule is CC(C)(O)c1cc2ncc(-c3ccccc3)cn2n1. The molecule has 2 aromatic heterocycles. The van der Waals surface area contributed by atoms with Crippen LogP contribution in [0.1, 0.15) is 19.5 Å². The summed E-state index contributed by atoms with van der Waals surface area (Å²) in [5.41, 5.74) is 2.48. The maximum atomic E-state index is 9.97. The van der Waals surface area contributed by atoms with Crippen molar-refractivity contribution in [2.75, 3.05) is 0 Å². The molecule has 0 saturated heterocycles. The smallest absolute Gasteiger partial charge is 0.155 e. The van der Waals surface area contributed by atoms with Crippen molar-refractivity contribution in [3.05, 3.63) is 54.5 Å². The minimum Gasteiger partial charge on any atom is -0.384 e. The minimum atomic E-state index is -0.958. The Labute approximate surface area is 111 Å². The van der Waals surface area contributed by atoms with Crippen molar-refractivity contribution in [1.29, 1.82) is 0 Å². The number of hydrogen-bond acceptors (Lipinski definition) is 3. The Morgan fingerprint density at radius 3 is 2.53 bits per heavy atom. The lowest BCUT2D eigenvalue weighted by atomic mass is 10.1. The summed E-state index contributed by atoms with van der Waals surface area (Å²) >= 11 is 0. The summed E-state index contributed by atoms with van der Waals surface area (Å²) in [5, 5.41) is 14.3. The van der Waals surface area contributed by atoms with Gasteiger partial charge in [0, 0.05) is 24.0 Å². The van der Waals surface area contributed by atoms with Crippen LogP contribution in [0.3, 0.4) is 0 Å². The third-order valence-corrected chi connectivity index (χ3v) is 3.05. The molecule has 19 heavy (non-hydrogen) atoms. The van der Waals surface area contributed by atoms with E-state index in [1.54, 1.807) is 24.4 Å². The normalized spacial score (nSPS) is 11.9. The lowest BCUT2D eigenvalue weighted by molar-refractivity contribution is 0.0735. The van der Waals surface area contributed by atoms with Crippen molar-refractivity contribution >= 4 is 5.65 Å². The second-order valence-electron chi connectivity index (χ2n) is 5.10. The summed E-state index contributed by atoms with van der Waals surface area (Å²) in [7, 11) is 0. The van der Waals surface area contributed by atoms with E-state index in [2.05, 4.69) is 10.1 Å². The van der Waals surface area contributed by atoms with E-state index < -0.39 is 5.60 Å². The molecular formula is C15H15N3O. The number of rotatable bonds is 2. The van der Waals surface area contributed by atoms with Gasteiger partial charge in [-0.3, -0.25) is 0 Å². The molecule has 0 aliphatic rings. The molecule has 0 bridgehead atoms. The van der Waals surface area contributed by atoms with Crippen molar-refractivity contribution < 1.29 is 5.11 Å². The third kappa shape index (κ3) is 2.22. The molecule has 0 fully saturated rings. The zero-order valence-electron chi connectivity index (χ0n) is 10.9. The molecule has 3 aromatic rings. The van der Waals surface area contributed by atoms with Crippen LogP contribution in [0.5, 0.6) is 0 Å². The molecule has 0 unspecified atom stereocenters. The van der Waals surface area contributed by atoms with Crippen molar-refractivity contribution in [2.24, 2.45) is 0 Å². The van der Waals surface area contributed by atoms with Gasteiger partial charge >= 0.3 is 0 Å². The first-order valence-electron chi connectivity index (χ1n) is 6.18. The van der Waals surface area contributed by atoms with Gasteiger partial charge in [-0.2, -0.15) is 5.10 Å². The highest BCUT2D eigenvalue weighted by Crippen LogP contribution is 2.22. The fourth-order valence-corrected chi connectivity index (χ4v) is 1.96. The third-order valence-electron chi connectivity index (χ3n) is 3.05. The number of aliphatic hydroxyl groups is 1. The van der Waals surface area contributed by atoms with Crippen LogP contribution in [-0.4, -0.2) is 19.7 Å². The van der Waals surface area contributed by atoms with E-state index in [4.69, 9.17) is 0 Å². The average molecular weight is 253 g/mol. The molecule has 96 valence electrons. The predicted molar refractivity (Wildman–Crippen MR) is 73.7 cm³/mol. The highest BCUT2D eigenvalue weighted by atomic mass is 16.3. The van der Waals surface area contributed by atoms with E-state index >= 15 is 0 Å². The van der Waals surface area contributed by atoms with Gasteiger partial charge in [0.25, 0.3) is 0 Å². The second-order valence-corrected chi connectivity index (χ2v) is 5.10. The van der Waals surface area contributed by atoms with Crippen LogP contribution in [0.15, 0.2) is 48.8 Å². The monoisotopic (exact) mass is 253 g/mol. The Morgan fingerprint density at radius 1 is 1.11 bits per heavy atom. The Bertz CT molecular complexity index is 711. The molecule has 1 N–H and O–H groups in total. The summed E-state index contributed by atoms with van der Waals surface area (Å²) in [4.78, 5) is 4.38. The summed E-state index contributed by atoms with van der Waals surface area (Å²) in [6, 6.07) is 11.8. The Balaban J connectivity index is 2.11. The zero-order valence-corrected chi connectivity index (χ0v) is 10.9. The summed E-state index contributed by atoms with van der Waals surface area (Å²) < 4.78 is 1.70. The summed E-state index contributed by atoms with van der Waals surface area (Å²) in [6.45, 7) is 3.43. The number of fused-ring (bicyclic) bond motifs is 1. The first-order valence-corrected chi connectivity index (χ1v) is 6.18. The van der Waals surface area contributed by atoms with Crippen molar-refractivity contribution in [1.82, 2.24) is 14.6 Å². The summed E-state index contributed by atoms with van der Waals surface area (Å²) in [5.74, 6) is 0. The molecular weight excluding hydrogens is 238 g/mol. The first kappa shape index (κ1) is 11.9. The average Bonchev–Trinajstić information content (AvgIpc) is 2.82. The van der Waals surface area contributed by atoms with Gasteiger partial charge in [0.1, 0.15) is 5.60 Å². The van der Waals surface area contributed by atoms with Crippen molar-refractivity contribution in [3.8, 4) is 11.1 Å². The van der Waals surface area contributed by atoms with E-state index in [9.17, 15) is 5.11 Å². The van der Waals surface area contributed by atoms with Crippen LogP contribution in [0, 0.1) is 0 Å². The van der Waals surface area contributed by atoms with Gasteiger partial charge in [0.05, 0.1) is 5.69 Å². The standard InChI is InChI=1S/C15H15N3O/c1-15(2,19)13-8-14-16-9-12(10-18(14)17-13)11-6-4-3-5-7-11/h3-10,19H,1-2H3. The number of hydrogen-bond donors (Lipinski definition) is 1. The van der Waals surface area contributed by atoms with Gasteiger partial charge in [-0.05, 0) is 19.4 Å². The number of nitrogens with zero attached hydrogens (tertiary/aromatic N) is 3. The topological polar surface area (TPSA) is 50.4 Å². The molecule has 0 saturated carbocycles. The molecule has 1 aromatic carbocycles. The van der Waals surface area contributed by atoms with Crippen LogP contribution >= 0.6 is 0 Å². The highest BCUT2D eigenvalue weighted by Gasteiger charge is 2.20. The molecule has 0 spiro atoms. The quantitative estimate of drug-likeness (QED) is 0.763. The summed E-state index contributed by atoms with van der Waals surface area (Å²) in [6.07, 6.45) is 3.74. The van der Waals surface area contributed by atoms with E-state index in [1.165, 1.54) is 0 Å². The first-order chi connectivity index (χ1) is 9.04. The predicted octanol–water partition coefficient (Wildman–Crippen LogP) is 2.62. The van der Waals surface area contributed by atoms with Gasteiger partial charge in [-0.25, -0.2) is 9.50 Å².